The minimum Gasteiger partial charge on any atom is -0.475 e. The van der Waals surface area contributed by atoms with Crippen LogP contribution in [0.5, 0.6) is 5.88 Å². The second kappa shape index (κ2) is 3.28. The predicted octanol–water partition coefficient (Wildman–Crippen LogP) is 1.87. The van der Waals surface area contributed by atoms with Gasteiger partial charge < -0.3 is 10.5 Å². The molecule has 14 heavy (non-hydrogen) atoms. The molecule has 1 atom stereocenters. The molecular weight excluding hydrogens is 182 g/mol. The van der Waals surface area contributed by atoms with E-state index in [1.165, 1.54) is 0 Å². The van der Waals surface area contributed by atoms with Crippen molar-refractivity contribution in [1.29, 1.82) is 0 Å². The topological polar surface area (TPSA) is 77.8 Å². The Morgan fingerprint density at radius 1 is 1.50 bits per heavy atom. The summed E-state index contributed by atoms with van der Waals surface area (Å²) in [6, 6.07) is 0. The minimum absolute atomic E-state index is 0.0264. The van der Waals surface area contributed by atoms with E-state index in [9.17, 15) is 0 Å². The van der Waals surface area contributed by atoms with Crippen molar-refractivity contribution in [3.05, 3.63) is 0 Å². The van der Waals surface area contributed by atoms with Gasteiger partial charge in [0.05, 0.1) is 6.61 Å². The molecule has 0 saturated carbocycles. The Morgan fingerprint density at radius 3 is 2.93 bits per heavy atom. The standard InChI is InChI=1S/C8H13N5O/c1-3-5-10-11-7-6(9)8(14-4-2)12-13(5)7/h5H,3-4,9H2,1-2H3. The van der Waals surface area contributed by atoms with Gasteiger partial charge in [-0.1, -0.05) is 6.92 Å². The fraction of sp³-hybridized carbons (Fsp3) is 0.625. The van der Waals surface area contributed by atoms with Crippen molar-refractivity contribution in [2.75, 3.05) is 12.3 Å². The van der Waals surface area contributed by atoms with Crippen LogP contribution >= 0.6 is 0 Å². The zero-order chi connectivity index (χ0) is 10.1. The Bertz CT molecular complexity index is 370. The first-order valence-electron chi connectivity index (χ1n) is 4.69. The molecule has 0 fully saturated rings. The lowest BCUT2D eigenvalue weighted by molar-refractivity contribution is 0.318. The maximum absolute atomic E-state index is 5.80. The van der Waals surface area contributed by atoms with Crippen LogP contribution in [0.1, 0.15) is 26.4 Å². The van der Waals surface area contributed by atoms with Crippen LogP contribution in [0.3, 0.4) is 0 Å². The molecule has 0 bridgehead atoms. The maximum Gasteiger partial charge on any atom is 0.258 e. The Balaban J connectivity index is 2.38. The largest absolute Gasteiger partial charge is 0.475 e. The van der Waals surface area contributed by atoms with Crippen LogP contribution in [0.25, 0.3) is 0 Å². The molecule has 0 saturated heterocycles. The molecule has 0 spiro atoms. The molecule has 0 aromatic carbocycles. The van der Waals surface area contributed by atoms with E-state index in [1.54, 1.807) is 4.68 Å². The number of hydrogen-bond donors (Lipinski definition) is 1. The molecule has 1 aromatic rings. The molecule has 2 heterocycles. The summed E-state index contributed by atoms with van der Waals surface area (Å²) in [7, 11) is 0. The Hall–Kier alpha value is -1.59. The van der Waals surface area contributed by atoms with Gasteiger partial charge in [-0.05, 0) is 13.3 Å². The third-order valence-corrected chi connectivity index (χ3v) is 2.10. The normalized spacial score (nSPS) is 18.6. The zero-order valence-corrected chi connectivity index (χ0v) is 8.27. The van der Waals surface area contributed by atoms with E-state index < -0.39 is 0 Å². The Kier molecular flexibility index (Phi) is 2.11. The Morgan fingerprint density at radius 2 is 2.29 bits per heavy atom. The van der Waals surface area contributed by atoms with E-state index in [-0.39, 0.29) is 6.17 Å². The number of ether oxygens (including phenoxy) is 1. The molecule has 1 unspecified atom stereocenters. The molecule has 0 amide bonds. The highest BCUT2D eigenvalue weighted by atomic mass is 16.5. The smallest absolute Gasteiger partial charge is 0.258 e. The predicted molar refractivity (Wildman–Crippen MR) is 51.7 cm³/mol. The molecule has 0 radical (unpaired) electrons. The van der Waals surface area contributed by atoms with Gasteiger partial charge in [-0.3, -0.25) is 0 Å². The van der Waals surface area contributed by atoms with Crippen LogP contribution in [0.15, 0.2) is 10.2 Å². The number of nitrogens with two attached hydrogens (primary N) is 1. The van der Waals surface area contributed by atoms with E-state index in [0.29, 0.717) is 24.0 Å². The van der Waals surface area contributed by atoms with Gasteiger partial charge in [0.25, 0.3) is 5.88 Å². The van der Waals surface area contributed by atoms with Crippen molar-refractivity contribution in [1.82, 2.24) is 9.78 Å². The van der Waals surface area contributed by atoms with Gasteiger partial charge in [0.15, 0.2) is 6.17 Å². The van der Waals surface area contributed by atoms with E-state index in [2.05, 4.69) is 15.3 Å². The molecule has 1 aliphatic heterocycles. The monoisotopic (exact) mass is 195 g/mol. The molecule has 0 aliphatic carbocycles. The van der Waals surface area contributed by atoms with Crippen molar-refractivity contribution in [2.24, 2.45) is 10.2 Å². The highest BCUT2D eigenvalue weighted by molar-refractivity contribution is 5.65. The van der Waals surface area contributed by atoms with E-state index >= 15 is 0 Å². The highest BCUT2D eigenvalue weighted by Crippen LogP contribution is 2.39. The number of rotatable bonds is 3. The van der Waals surface area contributed by atoms with Crippen molar-refractivity contribution < 1.29 is 4.74 Å². The number of fused-ring (bicyclic) bond motifs is 1. The van der Waals surface area contributed by atoms with Gasteiger partial charge in [-0.15, -0.1) is 10.2 Å². The van der Waals surface area contributed by atoms with Crippen molar-refractivity contribution in [3.8, 4) is 5.88 Å². The minimum atomic E-state index is -0.0264. The molecule has 2 N–H and O–H groups in total. The second-order valence-electron chi connectivity index (χ2n) is 3.02. The van der Waals surface area contributed by atoms with Gasteiger partial charge in [0, 0.05) is 0 Å². The summed E-state index contributed by atoms with van der Waals surface area (Å²) in [4.78, 5) is 0. The van der Waals surface area contributed by atoms with Gasteiger partial charge in [0.1, 0.15) is 5.69 Å². The summed E-state index contributed by atoms with van der Waals surface area (Å²) in [6.45, 7) is 4.47. The van der Waals surface area contributed by atoms with Gasteiger partial charge in [-0.25, -0.2) is 4.68 Å². The number of azo groups is 1. The lowest BCUT2D eigenvalue weighted by atomic mass is 10.4. The fourth-order valence-electron chi connectivity index (χ4n) is 1.39. The fourth-order valence-corrected chi connectivity index (χ4v) is 1.39. The van der Waals surface area contributed by atoms with Crippen molar-refractivity contribution >= 4 is 11.5 Å². The van der Waals surface area contributed by atoms with Crippen LogP contribution in [0.2, 0.25) is 0 Å². The first-order chi connectivity index (χ1) is 6.77. The molecular formula is C8H13N5O. The lowest BCUT2D eigenvalue weighted by Crippen LogP contribution is -2.03. The van der Waals surface area contributed by atoms with Crippen LogP contribution < -0.4 is 10.5 Å². The van der Waals surface area contributed by atoms with Gasteiger partial charge in [0.2, 0.25) is 5.82 Å². The highest BCUT2D eigenvalue weighted by Gasteiger charge is 2.25. The maximum atomic E-state index is 5.80. The average molecular weight is 195 g/mol. The van der Waals surface area contributed by atoms with E-state index in [1.807, 2.05) is 13.8 Å². The summed E-state index contributed by atoms with van der Waals surface area (Å²) in [5.74, 6) is 1.07. The Labute approximate surface area is 81.8 Å². The third kappa shape index (κ3) is 1.14. The number of hydrogen-bond acceptors (Lipinski definition) is 5. The molecule has 1 aromatic heterocycles. The number of nitrogen functional groups attached to an aromatic ring is 1. The molecule has 6 nitrogen and oxygen atoms in total. The van der Waals surface area contributed by atoms with Gasteiger partial charge in [-0.2, -0.15) is 5.11 Å². The summed E-state index contributed by atoms with van der Waals surface area (Å²) in [6.07, 6.45) is 0.824. The van der Waals surface area contributed by atoms with Crippen LogP contribution in [-0.2, 0) is 0 Å². The summed E-state index contributed by atoms with van der Waals surface area (Å²) in [5, 5.41) is 12.2. The quantitative estimate of drug-likeness (QED) is 0.799. The lowest BCUT2D eigenvalue weighted by Gasteiger charge is -2.02. The van der Waals surface area contributed by atoms with Crippen molar-refractivity contribution in [3.63, 3.8) is 0 Å². The second-order valence-corrected chi connectivity index (χ2v) is 3.02. The van der Waals surface area contributed by atoms with Crippen LogP contribution in [0, 0.1) is 0 Å². The number of nitrogens with zero attached hydrogens (tertiary/aromatic N) is 4. The van der Waals surface area contributed by atoms with E-state index in [0.717, 1.165) is 6.42 Å². The molecule has 76 valence electrons. The summed E-state index contributed by atoms with van der Waals surface area (Å²) in [5.41, 5.74) is 6.27. The molecule has 1 aliphatic rings. The van der Waals surface area contributed by atoms with Gasteiger partial charge >= 0.3 is 0 Å². The van der Waals surface area contributed by atoms with Crippen LogP contribution in [0.4, 0.5) is 11.5 Å². The van der Waals surface area contributed by atoms with E-state index in [4.69, 9.17) is 10.5 Å². The first-order valence-corrected chi connectivity index (χ1v) is 4.69. The number of anilines is 1. The number of aromatic nitrogens is 2. The molecule has 6 heteroatoms. The SMILES string of the molecule is CCOc1nn2c(c1N)N=NC2CC. The molecule has 2 rings (SSSR count). The van der Waals surface area contributed by atoms with Crippen LogP contribution in [-0.4, -0.2) is 16.4 Å². The third-order valence-electron chi connectivity index (χ3n) is 2.10. The van der Waals surface area contributed by atoms with Crippen molar-refractivity contribution in [2.45, 2.75) is 26.4 Å². The summed E-state index contributed by atoms with van der Waals surface area (Å²) >= 11 is 0. The zero-order valence-electron chi connectivity index (χ0n) is 8.27. The average Bonchev–Trinajstić information content (AvgIpc) is 2.70. The first kappa shape index (κ1) is 8.98. The summed E-state index contributed by atoms with van der Waals surface area (Å²) < 4.78 is 6.98.